The summed E-state index contributed by atoms with van der Waals surface area (Å²) in [5.41, 5.74) is 4.32. The van der Waals surface area contributed by atoms with Crippen molar-refractivity contribution in [3.8, 4) is 0 Å². The standard InChI is InChI=1S/C15H20N4/c1-11-3-4-13-5-6-15(14(13)7-11)18-12(2)8-19-10-16-9-17-19/h3-4,7,9-10,12,15,18H,5-6,8H2,1-2H3. The van der Waals surface area contributed by atoms with Gasteiger partial charge in [-0.2, -0.15) is 5.10 Å². The van der Waals surface area contributed by atoms with Gasteiger partial charge in [-0.1, -0.05) is 23.8 Å². The highest BCUT2D eigenvalue weighted by Crippen LogP contribution is 2.32. The SMILES string of the molecule is Cc1ccc2c(c1)C(NC(C)Cn1cncn1)CC2. The lowest BCUT2D eigenvalue weighted by molar-refractivity contribution is 0.397. The quantitative estimate of drug-likeness (QED) is 0.912. The lowest BCUT2D eigenvalue weighted by atomic mass is 10.0. The highest BCUT2D eigenvalue weighted by atomic mass is 15.3. The Morgan fingerprint density at radius 2 is 2.37 bits per heavy atom. The molecule has 4 heteroatoms. The van der Waals surface area contributed by atoms with Crippen molar-refractivity contribution >= 4 is 0 Å². The number of hydrogen-bond donors (Lipinski definition) is 1. The fourth-order valence-electron chi connectivity index (χ4n) is 2.90. The molecule has 0 bridgehead atoms. The van der Waals surface area contributed by atoms with Gasteiger partial charge in [0.2, 0.25) is 0 Å². The van der Waals surface area contributed by atoms with Gasteiger partial charge >= 0.3 is 0 Å². The molecule has 1 aliphatic rings. The molecule has 2 unspecified atom stereocenters. The lowest BCUT2D eigenvalue weighted by Crippen LogP contribution is -2.33. The number of nitrogens with zero attached hydrogens (tertiary/aromatic N) is 3. The maximum absolute atomic E-state index is 4.15. The van der Waals surface area contributed by atoms with Gasteiger partial charge in [-0.3, -0.25) is 4.68 Å². The summed E-state index contributed by atoms with van der Waals surface area (Å²) in [7, 11) is 0. The zero-order valence-electron chi connectivity index (χ0n) is 11.5. The van der Waals surface area contributed by atoms with Gasteiger partial charge in [0.25, 0.3) is 0 Å². The van der Waals surface area contributed by atoms with E-state index in [1.165, 1.54) is 29.5 Å². The monoisotopic (exact) mass is 256 g/mol. The van der Waals surface area contributed by atoms with E-state index >= 15 is 0 Å². The van der Waals surface area contributed by atoms with E-state index in [0.29, 0.717) is 12.1 Å². The number of hydrogen-bond acceptors (Lipinski definition) is 3. The molecule has 0 radical (unpaired) electrons. The fourth-order valence-corrected chi connectivity index (χ4v) is 2.90. The molecule has 1 N–H and O–H groups in total. The van der Waals surface area contributed by atoms with Crippen LogP contribution in [0.25, 0.3) is 0 Å². The third-order valence-electron chi connectivity index (χ3n) is 3.79. The Kier molecular flexibility index (Phi) is 3.34. The molecule has 1 aromatic heterocycles. The van der Waals surface area contributed by atoms with Crippen molar-refractivity contribution in [3.05, 3.63) is 47.5 Å². The molecule has 0 aliphatic heterocycles. The van der Waals surface area contributed by atoms with Crippen molar-refractivity contribution in [2.24, 2.45) is 0 Å². The van der Waals surface area contributed by atoms with Gasteiger partial charge in [0.15, 0.2) is 0 Å². The van der Waals surface area contributed by atoms with Crippen LogP contribution in [0.2, 0.25) is 0 Å². The molecule has 100 valence electrons. The zero-order chi connectivity index (χ0) is 13.2. The molecular weight excluding hydrogens is 236 g/mol. The summed E-state index contributed by atoms with van der Waals surface area (Å²) in [5, 5.41) is 7.87. The summed E-state index contributed by atoms with van der Waals surface area (Å²) < 4.78 is 1.88. The summed E-state index contributed by atoms with van der Waals surface area (Å²) in [4.78, 5) is 3.98. The Bertz CT molecular complexity index is 547. The van der Waals surface area contributed by atoms with Crippen LogP contribution in [0.5, 0.6) is 0 Å². The molecule has 3 rings (SSSR count). The summed E-state index contributed by atoms with van der Waals surface area (Å²) in [6.45, 7) is 5.22. The first-order valence-electron chi connectivity index (χ1n) is 6.90. The van der Waals surface area contributed by atoms with E-state index in [1.54, 1.807) is 12.7 Å². The van der Waals surface area contributed by atoms with E-state index in [1.807, 2.05) is 4.68 Å². The van der Waals surface area contributed by atoms with Gasteiger partial charge in [-0.15, -0.1) is 0 Å². The van der Waals surface area contributed by atoms with Gasteiger partial charge < -0.3 is 5.32 Å². The number of nitrogens with one attached hydrogen (secondary N) is 1. The van der Waals surface area contributed by atoms with Crippen molar-refractivity contribution in [2.75, 3.05) is 0 Å². The van der Waals surface area contributed by atoms with Crippen LogP contribution in [-0.2, 0) is 13.0 Å². The average molecular weight is 256 g/mol. The van der Waals surface area contributed by atoms with E-state index in [9.17, 15) is 0 Å². The number of benzene rings is 1. The fraction of sp³-hybridized carbons (Fsp3) is 0.467. The van der Waals surface area contributed by atoms with Crippen LogP contribution in [0.15, 0.2) is 30.9 Å². The second-order valence-electron chi connectivity index (χ2n) is 5.48. The molecule has 0 fully saturated rings. The molecule has 2 aromatic rings. The maximum atomic E-state index is 4.15. The molecule has 1 aromatic carbocycles. The second kappa shape index (κ2) is 5.13. The number of aryl methyl sites for hydroxylation is 2. The van der Waals surface area contributed by atoms with Crippen LogP contribution >= 0.6 is 0 Å². The van der Waals surface area contributed by atoms with Gasteiger partial charge in [0.1, 0.15) is 12.7 Å². The second-order valence-corrected chi connectivity index (χ2v) is 5.48. The van der Waals surface area contributed by atoms with E-state index < -0.39 is 0 Å². The Morgan fingerprint density at radius 3 is 3.16 bits per heavy atom. The predicted octanol–water partition coefficient (Wildman–Crippen LogP) is 2.25. The largest absolute Gasteiger partial charge is 0.306 e. The lowest BCUT2D eigenvalue weighted by Gasteiger charge is -2.20. The Balaban J connectivity index is 1.67. The highest BCUT2D eigenvalue weighted by Gasteiger charge is 2.23. The molecule has 1 heterocycles. The third kappa shape index (κ3) is 2.68. The Morgan fingerprint density at radius 1 is 1.47 bits per heavy atom. The normalized spacial score (nSPS) is 19.4. The van der Waals surface area contributed by atoms with Crippen LogP contribution in [-0.4, -0.2) is 20.8 Å². The minimum absolute atomic E-state index is 0.387. The van der Waals surface area contributed by atoms with Crippen molar-refractivity contribution in [1.82, 2.24) is 20.1 Å². The molecule has 4 nitrogen and oxygen atoms in total. The van der Waals surface area contributed by atoms with Crippen LogP contribution in [0.3, 0.4) is 0 Å². The summed E-state index contributed by atoms with van der Waals surface area (Å²) in [6.07, 6.45) is 5.73. The van der Waals surface area contributed by atoms with Crippen molar-refractivity contribution in [3.63, 3.8) is 0 Å². The van der Waals surface area contributed by atoms with Gasteiger partial charge in [-0.05, 0) is 37.8 Å². The molecule has 19 heavy (non-hydrogen) atoms. The molecule has 0 spiro atoms. The summed E-state index contributed by atoms with van der Waals surface area (Å²) in [6, 6.07) is 7.67. The summed E-state index contributed by atoms with van der Waals surface area (Å²) in [5.74, 6) is 0. The summed E-state index contributed by atoms with van der Waals surface area (Å²) >= 11 is 0. The first-order chi connectivity index (χ1) is 9.22. The smallest absolute Gasteiger partial charge is 0.137 e. The number of aromatic nitrogens is 3. The van der Waals surface area contributed by atoms with Crippen LogP contribution < -0.4 is 5.32 Å². The first kappa shape index (κ1) is 12.4. The molecule has 0 saturated carbocycles. The molecule has 2 atom stereocenters. The van der Waals surface area contributed by atoms with Crippen molar-refractivity contribution in [1.29, 1.82) is 0 Å². The van der Waals surface area contributed by atoms with Crippen LogP contribution in [0.4, 0.5) is 0 Å². The van der Waals surface area contributed by atoms with Gasteiger partial charge in [0.05, 0.1) is 6.54 Å². The van der Waals surface area contributed by atoms with Gasteiger partial charge in [-0.25, -0.2) is 4.98 Å². The maximum Gasteiger partial charge on any atom is 0.137 e. The topological polar surface area (TPSA) is 42.7 Å². The van der Waals surface area contributed by atoms with Gasteiger partial charge in [0, 0.05) is 12.1 Å². The van der Waals surface area contributed by atoms with E-state index in [2.05, 4.69) is 47.4 Å². The van der Waals surface area contributed by atoms with E-state index in [0.717, 1.165) is 6.54 Å². The van der Waals surface area contributed by atoms with E-state index in [4.69, 9.17) is 0 Å². The number of fused-ring (bicyclic) bond motifs is 1. The van der Waals surface area contributed by atoms with E-state index in [-0.39, 0.29) is 0 Å². The molecular formula is C15H20N4. The first-order valence-corrected chi connectivity index (χ1v) is 6.90. The predicted molar refractivity (Wildman–Crippen MR) is 74.9 cm³/mol. The highest BCUT2D eigenvalue weighted by molar-refractivity contribution is 5.37. The molecule has 0 amide bonds. The minimum atomic E-state index is 0.387. The minimum Gasteiger partial charge on any atom is -0.306 e. The molecule has 0 saturated heterocycles. The Labute approximate surface area is 113 Å². The van der Waals surface area contributed by atoms with Crippen molar-refractivity contribution < 1.29 is 0 Å². The Hall–Kier alpha value is -1.68. The van der Waals surface area contributed by atoms with Crippen molar-refractivity contribution in [2.45, 2.75) is 45.3 Å². The average Bonchev–Trinajstić information content (AvgIpc) is 3.00. The van der Waals surface area contributed by atoms with Crippen LogP contribution in [0.1, 0.15) is 36.1 Å². The third-order valence-corrected chi connectivity index (χ3v) is 3.79. The number of rotatable bonds is 4. The zero-order valence-corrected chi connectivity index (χ0v) is 11.5. The van der Waals surface area contributed by atoms with Crippen LogP contribution in [0, 0.1) is 6.92 Å². The molecule has 1 aliphatic carbocycles.